The maximum absolute atomic E-state index is 12.8. The summed E-state index contributed by atoms with van der Waals surface area (Å²) in [5, 5.41) is 0. The van der Waals surface area contributed by atoms with Gasteiger partial charge in [-0.1, -0.05) is 0 Å². The van der Waals surface area contributed by atoms with Crippen molar-refractivity contribution in [3.63, 3.8) is 0 Å². The molecule has 5 fully saturated rings. The number of rotatable bonds is 3. The molecule has 110 valence electrons. The van der Waals surface area contributed by atoms with E-state index in [4.69, 9.17) is 4.74 Å². The van der Waals surface area contributed by atoms with Gasteiger partial charge in [0.05, 0.1) is 13.2 Å². The SMILES string of the molecule is O=C(C=CN1CCOCC1)C12CC3CC(CC(C3)C1)C2. The number of allylic oxidation sites excluding steroid dienone is 1. The Hall–Kier alpha value is -0.830. The summed E-state index contributed by atoms with van der Waals surface area (Å²) < 4.78 is 5.35. The third kappa shape index (κ3) is 2.20. The minimum Gasteiger partial charge on any atom is -0.378 e. The molecule has 1 saturated heterocycles. The minimum absolute atomic E-state index is 0.0253. The van der Waals surface area contributed by atoms with Crippen molar-refractivity contribution < 1.29 is 9.53 Å². The highest BCUT2D eigenvalue weighted by Gasteiger charge is 2.53. The number of carbonyl (C=O) groups is 1. The molecule has 0 spiro atoms. The van der Waals surface area contributed by atoms with Crippen LogP contribution in [0.3, 0.4) is 0 Å². The Morgan fingerprint density at radius 1 is 1.00 bits per heavy atom. The third-order valence-electron chi connectivity index (χ3n) is 6.04. The average Bonchev–Trinajstić information content (AvgIpc) is 2.44. The Balaban J connectivity index is 1.46. The van der Waals surface area contributed by atoms with E-state index in [1.807, 2.05) is 12.3 Å². The lowest BCUT2D eigenvalue weighted by Gasteiger charge is -2.55. The van der Waals surface area contributed by atoms with Crippen LogP contribution in [0.15, 0.2) is 12.3 Å². The van der Waals surface area contributed by atoms with Crippen LogP contribution < -0.4 is 0 Å². The molecule has 4 saturated carbocycles. The van der Waals surface area contributed by atoms with Gasteiger partial charge in [0.15, 0.2) is 5.78 Å². The highest BCUT2D eigenvalue weighted by atomic mass is 16.5. The molecule has 5 rings (SSSR count). The summed E-state index contributed by atoms with van der Waals surface area (Å²) in [5.74, 6) is 2.97. The molecular formula is C17H25NO2. The van der Waals surface area contributed by atoms with Crippen molar-refractivity contribution in [3.8, 4) is 0 Å². The largest absolute Gasteiger partial charge is 0.378 e. The lowest BCUT2D eigenvalue weighted by atomic mass is 9.48. The Morgan fingerprint density at radius 3 is 2.10 bits per heavy atom. The van der Waals surface area contributed by atoms with Gasteiger partial charge in [0.1, 0.15) is 0 Å². The Bertz CT molecular complexity index is 387. The highest BCUT2D eigenvalue weighted by molar-refractivity contribution is 5.95. The molecule has 3 nitrogen and oxygen atoms in total. The smallest absolute Gasteiger partial charge is 0.163 e. The molecular weight excluding hydrogens is 250 g/mol. The van der Waals surface area contributed by atoms with Gasteiger partial charge in [-0.2, -0.15) is 0 Å². The van der Waals surface area contributed by atoms with Crippen LogP contribution in [0.1, 0.15) is 38.5 Å². The Kier molecular flexibility index (Phi) is 3.13. The number of hydrogen-bond acceptors (Lipinski definition) is 3. The van der Waals surface area contributed by atoms with Gasteiger partial charge in [-0.25, -0.2) is 0 Å². The van der Waals surface area contributed by atoms with Gasteiger partial charge < -0.3 is 9.64 Å². The summed E-state index contributed by atoms with van der Waals surface area (Å²) in [5.41, 5.74) is 0.0253. The molecule has 0 amide bonds. The maximum atomic E-state index is 12.8. The van der Waals surface area contributed by atoms with Crippen LogP contribution in [0.2, 0.25) is 0 Å². The van der Waals surface area contributed by atoms with Crippen molar-refractivity contribution in [2.24, 2.45) is 23.2 Å². The van der Waals surface area contributed by atoms with E-state index >= 15 is 0 Å². The number of morpholine rings is 1. The minimum atomic E-state index is 0.0253. The second kappa shape index (κ2) is 4.87. The first kappa shape index (κ1) is 12.9. The highest BCUT2D eigenvalue weighted by Crippen LogP contribution is 2.60. The fraction of sp³-hybridized carbons (Fsp3) is 0.824. The standard InChI is InChI=1S/C17H25NO2/c19-16(1-2-18-3-5-20-6-4-18)17-10-13-7-14(11-17)9-15(8-13)12-17/h1-2,13-15H,3-12H2. The van der Waals surface area contributed by atoms with Crippen molar-refractivity contribution >= 4 is 5.78 Å². The zero-order valence-electron chi connectivity index (χ0n) is 12.2. The lowest BCUT2D eigenvalue weighted by Crippen LogP contribution is -2.49. The predicted octanol–water partition coefficient (Wildman–Crippen LogP) is 2.62. The summed E-state index contributed by atoms with van der Waals surface area (Å²) in [4.78, 5) is 15.0. The molecule has 0 atom stereocenters. The number of nitrogens with zero attached hydrogens (tertiary/aromatic N) is 1. The molecule has 3 heteroatoms. The molecule has 0 N–H and O–H groups in total. The Morgan fingerprint density at radius 2 is 1.55 bits per heavy atom. The van der Waals surface area contributed by atoms with Crippen LogP contribution in [0, 0.1) is 23.2 Å². The third-order valence-corrected chi connectivity index (χ3v) is 6.04. The van der Waals surface area contributed by atoms with Gasteiger partial charge in [-0.15, -0.1) is 0 Å². The topological polar surface area (TPSA) is 29.5 Å². The molecule has 0 aromatic heterocycles. The molecule has 4 bridgehead atoms. The lowest BCUT2D eigenvalue weighted by molar-refractivity contribution is -0.138. The van der Waals surface area contributed by atoms with Crippen LogP contribution in [0.5, 0.6) is 0 Å². The van der Waals surface area contributed by atoms with Crippen molar-refractivity contribution in [1.29, 1.82) is 0 Å². The van der Waals surface area contributed by atoms with Crippen LogP contribution in [-0.4, -0.2) is 37.0 Å². The van der Waals surface area contributed by atoms with E-state index in [2.05, 4.69) is 4.90 Å². The number of ketones is 1. The van der Waals surface area contributed by atoms with Gasteiger partial charge >= 0.3 is 0 Å². The first-order chi connectivity index (χ1) is 9.73. The van der Waals surface area contributed by atoms with Crippen LogP contribution in [-0.2, 0) is 9.53 Å². The second-order valence-electron chi connectivity index (χ2n) is 7.53. The molecule has 0 aromatic rings. The second-order valence-corrected chi connectivity index (χ2v) is 7.53. The molecule has 0 unspecified atom stereocenters. The normalized spacial score (nSPS) is 43.4. The number of hydrogen-bond donors (Lipinski definition) is 0. The van der Waals surface area contributed by atoms with Crippen LogP contribution >= 0.6 is 0 Å². The maximum Gasteiger partial charge on any atom is 0.163 e. The first-order valence-corrected chi connectivity index (χ1v) is 8.28. The monoisotopic (exact) mass is 275 g/mol. The van der Waals surface area contributed by atoms with Crippen LogP contribution in [0.4, 0.5) is 0 Å². The average molecular weight is 275 g/mol. The fourth-order valence-corrected chi connectivity index (χ4v) is 5.49. The van der Waals surface area contributed by atoms with Gasteiger partial charge in [0.2, 0.25) is 0 Å². The fourth-order valence-electron chi connectivity index (χ4n) is 5.49. The van der Waals surface area contributed by atoms with Crippen molar-refractivity contribution in [1.82, 2.24) is 4.90 Å². The molecule has 5 aliphatic rings. The van der Waals surface area contributed by atoms with E-state index in [0.29, 0.717) is 5.78 Å². The molecule has 1 heterocycles. The van der Waals surface area contributed by atoms with Gasteiger partial charge in [-0.3, -0.25) is 4.79 Å². The van der Waals surface area contributed by atoms with E-state index in [1.54, 1.807) is 0 Å². The zero-order valence-corrected chi connectivity index (χ0v) is 12.2. The Labute approximate surface area is 121 Å². The summed E-state index contributed by atoms with van der Waals surface area (Å²) in [7, 11) is 0. The first-order valence-electron chi connectivity index (χ1n) is 8.28. The van der Waals surface area contributed by atoms with E-state index in [1.165, 1.54) is 38.5 Å². The molecule has 1 aliphatic heterocycles. The van der Waals surface area contributed by atoms with E-state index in [9.17, 15) is 4.79 Å². The van der Waals surface area contributed by atoms with E-state index in [-0.39, 0.29) is 5.41 Å². The number of carbonyl (C=O) groups excluding carboxylic acids is 1. The van der Waals surface area contributed by atoms with Crippen LogP contribution in [0.25, 0.3) is 0 Å². The number of ether oxygens (including phenoxy) is 1. The van der Waals surface area contributed by atoms with E-state index in [0.717, 1.165) is 44.1 Å². The van der Waals surface area contributed by atoms with E-state index < -0.39 is 0 Å². The van der Waals surface area contributed by atoms with Crippen molar-refractivity contribution in [3.05, 3.63) is 12.3 Å². The summed E-state index contributed by atoms with van der Waals surface area (Å²) >= 11 is 0. The molecule has 4 aliphatic carbocycles. The predicted molar refractivity (Wildman–Crippen MR) is 77.1 cm³/mol. The quantitative estimate of drug-likeness (QED) is 0.742. The van der Waals surface area contributed by atoms with Gasteiger partial charge in [-0.05, 0) is 62.4 Å². The molecule has 0 aromatic carbocycles. The van der Waals surface area contributed by atoms with Crippen molar-refractivity contribution in [2.75, 3.05) is 26.3 Å². The van der Waals surface area contributed by atoms with Crippen molar-refractivity contribution in [2.45, 2.75) is 38.5 Å². The summed E-state index contributed by atoms with van der Waals surface area (Å²) in [6.07, 6.45) is 11.6. The molecule has 20 heavy (non-hydrogen) atoms. The van der Waals surface area contributed by atoms with Gasteiger partial charge in [0, 0.05) is 24.7 Å². The summed E-state index contributed by atoms with van der Waals surface area (Å²) in [6, 6.07) is 0. The molecule has 0 radical (unpaired) electrons. The summed E-state index contributed by atoms with van der Waals surface area (Å²) in [6.45, 7) is 3.42. The zero-order chi connectivity index (χ0) is 13.6. The van der Waals surface area contributed by atoms with Gasteiger partial charge in [0.25, 0.3) is 0 Å².